The van der Waals surface area contributed by atoms with Crippen LogP contribution >= 0.6 is 22.9 Å². The van der Waals surface area contributed by atoms with Crippen molar-refractivity contribution in [3.05, 3.63) is 78.9 Å². The Kier molecular flexibility index (Phi) is 11.4. The molecular formula is C30H38ClKN2S. The van der Waals surface area contributed by atoms with Crippen molar-refractivity contribution in [2.45, 2.75) is 73.3 Å². The Morgan fingerprint density at radius 1 is 1.00 bits per heavy atom. The molecule has 0 radical (unpaired) electrons. The maximum absolute atomic E-state index is 6.77. The Balaban J connectivity index is 0.00000342. The quantitative estimate of drug-likeness (QED) is 0.211. The van der Waals surface area contributed by atoms with Crippen LogP contribution in [-0.2, 0) is 13.0 Å². The summed E-state index contributed by atoms with van der Waals surface area (Å²) < 4.78 is 1.35. The van der Waals surface area contributed by atoms with E-state index in [1.165, 1.54) is 61.3 Å². The molecule has 5 heteroatoms. The van der Waals surface area contributed by atoms with Crippen LogP contribution in [0.5, 0.6) is 0 Å². The van der Waals surface area contributed by atoms with Gasteiger partial charge in [0.2, 0.25) is 0 Å². The summed E-state index contributed by atoms with van der Waals surface area (Å²) in [5, 5.41) is 6.72. The van der Waals surface area contributed by atoms with Crippen LogP contribution in [0.3, 0.4) is 0 Å². The van der Waals surface area contributed by atoms with E-state index in [0.29, 0.717) is 0 Å². The number of thiophene rings is 1. The molecule has 1 fully saturated rings. The van der Waals surface area contributed by atoms with Crippen LogP contribution in [0.2, 0.25) is 5.02 Å². The normalized spacial score (nSPS) is 12.7. The fourth-order valence-electron chi connectivity index (χ4n) is 4.78. The first-order valence-electron chi connectivity index (χ1n) is 12.8. The number of fused-ring (bicyclic) bond motifs is 1. The number of unbranched alkanes of at least 4 members (excludes halogenated alkanes) is 1. The van der Waals surface area contributed by atoms with Crippen molar-refractivity contribution >= 4 is 38.7 Å². The number of hydrogen-bond donors (Lipinski definition) is 0. The second-order valence-electron chi connectivity index (χ2n) is 9.59. The van der Waals surface area contributed by atoms with Crippen molar-refractivity contribution in [2.75, 3.05) is 19.6 Å². The zero-order chi connectivity index (χ0) is 24.2. The van der Waals surface area contributed by atoms with Crippen LogP contribution in [0.1, 0.15) is 72.2 Å². The molecule has 35 heavy (non-hydrogen) atoms. The van der Waals surface area contributed by atoms with Crippen LogP contribution in [0.25, 0.3) is 21.1 Å². The van der Waals surface area contributed by atoms with Gasteiger partial charge < -0.3 is 10.2 Å². The minimum atomic E-state index is 0. The third-order valence-corrected chi connectivity index (χ3v) is 8.66. The minimum absolute atomic E-state index is 0. The van der Waals surface area contributed by atoms with Crippen LogP contribution in [0.15, 0.2) is 35.9 Å². The van der Waals surface area contributed by atoms with E-state index in [0.717, 1.165) is 50.5 Å². The van der Waals surface area contributed by atoms with Crippen molar-refractivity contribution in [3.8, 4) is 0 Å². The van der Waals surface area contributed by atoms with Gasteiger partial charge in [-0.25, -0.2) is 0 Å². The Hall–Kier alpha value is -0.174. The van der Waals surface area contributed by atoms with Gasteiger partial charge in [-0.1, -0.05) is 56.1 Å². The van der Waals surface area contributed by atoms with Gasteiger partial charge in [0.25, 0.3) is 0 Å². The first-order chi connectivity index (χ1) is 16.4. The summed E-state index contributed by atoms with van der Waals surface area (Å²) in [6.07, 6.45) is 5.75. The summed E-state index contributed by atoms with van der Waals surface area (Å²) >= 11 is 8.72. The molecule has 0 aliphatic heterocycles. The number of halogens is 1. The molecule has 0 spiro atoms. The number of rotatable bonds is 11. The maximum atomic E-state index is 6.77. The van der Waals surface area contributed by atoms with Gasteiger partial charge in [0, 0.05) is 28.2 Å². The molecule has 0 saturated heterocycles. The largest absolute Gasteiger partial charge is 1.00 e. The molecule has 1 heterocycles. The van der Waals surface area contributed by atoms with Crippen LogP contribution in [0.4, 0.5) is 0 Å². The van der Waals surface area contributed by atoms with E-state index < -0.39 is 0 Å². The molecule has 1 saturated carbocycles. The van der Waals surface area contributed by atoms with Crippen molar-refractivity contribution in [1.82, 2.24) is 4.90 Å². The summed E-state index contributed by atoms with van der Waals surface area (Å²) in [6.45, 7) is 14.9. The first kappa shape index (κ1) is 29.4. The third-order valence-electron chi connectivity index (χ3n) is 6.97. The number of hydrogen-bond acceptors (Lipinski definition) is 2. The predicted molar refractivity (Wildman–Crippen MR) is 151 cm³/mol. The van der Waals surface area contributed by atoms with Gasteiger partial charge in [-0.15, -0.1) is 17.9 Å². The molecule has 1 aliphatic carbocycles. The van der Waals surface area contributed by atoms with E-state index >= 15 is 0 Å². The second-order valence-corrected chi connectivity index (χ2v) is 11.0. The molecule has 4 rings (SSSR count). The molecule has 0 atom stereocenters. The zero-order valence-electron chi connectivity index (χ0n) is 22.4. The Morgan fingerprint density at radius 2 is 1.74 bits per heavy atom. The molecule has 0 N–H and O–H groups in total. The molecule has 1 aromatic heterocycles. The van der Waals surface area contributed by atoms with Gasteiger partial charge in [-0.2, -0.15) is 6.54 Å². The van der Waals surface area contributed by atoms with Gasteiger partial charge in [0.1, 0.15) is 0 Å². The zero-order valence-corrected chi connectivity index (χ0v) is 27.1. The third kappa shape index (κ3) is 7.03. The van der Waals surface area contributed by atoms with E-state index in [4.69, 9.17) is 11.6 Å². The molecule has 0 bridgehead atoms. The van der Waals surface area contributed by atoms with Crippen molar-refractivity contribution in [1.29, 1.82) is 0 Å². The summed E-state index contributed by atoms with van der Waals surface area (Å²) in [5.41, 5.74) is 9.98. The fourth-order valence-corrected chi connectivity index (χ4v) is 6.62. The van der Waals surface area contributed by atoms with Crippen LogP contribution in [-0.4, -0.2) is 24.5 Å². The topological polar surface area (TPSA) is 17.3 Å². The number of benzene rings is 2. The molecule has 0 amide bonds. The molecule has 2 nitrogen and oxygen atoms in total. The average Bonchev–Trinajstić information content (AvgIpc) is 3.57. The fraction of sp³-hybridized carbons (Fsp3) is 0.467. The van der Waals surface area contributed by atoms with Gasteiger partial charge in [0.15, 0.2) is 0 Å². The smallest absolute Gasteiger partial charge is 0.662 e. The second kappa shape index (κ2) is 13.6. The van der Waals surface area contributed by atoms with E-state index in [1.54, 1.807) is 5.57 Å². The van der Waals surface area contributed by atoms with E-state index in [-0.39, 0.29) is 51.4 Å². The van der Waals surface area contributed by atoms with Crippen LogP contribution < -0.4 is 51.4 Å². The first-order valence-corrected chi connectivity index (χ1v) is 14.0. The van der Waals surface area contributed by atoms with E-state index in [1.807, 2.05) is 11.3 Å². The Bertz CT molecular complexity index is 1190. The SMILES string of the molecule is CC[N-]CCCCN(Cc1ccc(C)c(C)c1)C(=C1CC1)c1sc2c(C)ccc(Cl)c2c1CC.[K+]. The molecule has 1 aliphatic rings. The van der Waals surface area contributed by atoms with Crippen LogP contribution in [0, 0.1) is 20.8 Å². The van der Waals surface area contributed by atoms with E-state index in [9.17, 15) is 0 Å². The minimum Gasteiger partial charge on any atom is -0.662 e. The Morgan fingerprint density at radius 3 is 2.40 bits per heavy atom. The van der Waals surface area contributed by atoms with Gasteiger partial charge >= 0.3 is 51.4 Å². The molecule has 3 aromatic rings. The molecule has 182 valence electrons. The van der Waals surface area contributed by atoms with Crippen molar-refractivity contribution in [3.63, 3.8) is 0 Å². The summed E-state index contributed by atoms with van der Waals surface area (Å²) in [4.78, 5) is 4.12. The Labute approximate surface area is 263 Å². The summed E-state index contributed by atoms with van der Waals surface area (Å²) in [7, 11) is 0. The maximum Gasteiger partial charge on any atom is 1.00 e. The number of aryl methyl sites for hydroxylation is 4. The number of allylic oxidation sites excluding steroid dienone is 1. The monoisotopic (exact) mass is 532 g/mol. The summed E-state index contributed by atoms with van der Waals surface area (Å²) in [5.74, 6) is 0. The predicted octanol–water partition coefficient (Wildman–Crippen LogP) is 6.23. The van der Waals surface area contributed by atoms with Gasteiger partial charge in [0.05, 0.1) is 10.6 Å². The standard InChI is InChI=1S/C30H38ClN2S.K/c1-6-25-27-26(31)15-11-21(4)29(27)34-30(25)28(24-13-14-24)33(17-9-8-16-32-7-2)19-23-12-10-20(3)22(5)18-23;/h10-12,15,18H,6-9,13-14,16-17,19H2,1-5H3;/q-1;+1. The van der Waals surface area contributed by atoms with Gasteiger partial charge in [-0.05, 0) is 85.9 Å². The van der Waals surface area contributed by atoms with Gasteiger partial charge in [-0.3, -0.25) is 0 Å². The van der Waals surface area contributed by atoms with E-state index in [2.05, 4.69) is 75.2 Å². The summed E-state index contributed by atoms with van der Waals surface area (Å²) in [6, 6.07) is 11.2. The van der Waals surface area contributed by atoms with Crippen molar-refractivity contribution in [2.24, 2.45) is 0 Å². The molecule has 2 aromatic carbocycles. The molecule has 0 unspecified atom stereocenters. The van der Waals surface area contributed by atoms with Crippen molar-refractivity contribution < 1.29 is 51.4 Å². The number of nitrogens with zero attached hydrogens (tertiary/aromatic N) is 2. The average molecular weight is 533 g/mol. The molecular weight excluding hydrogens is 495 g/mol.